The predicted octanol–water partition coefficient (Wildman–Crippen LogP) is 3.84. The standard InChI is InChI=1S/C21H41N3/c1-18(2)22-13-7-19(8-14-22)23-15-10-21(11-16-23)9-6-12-24(17-21)20(3,4)5/h18-19H,6-17H2,1-5H3. The van der Waals surface area contributed by atoms with E-state index >= 15 is 0 Å². The molecule has 0 aromatic carbocycles. The summed E-state index contributed by atoms with van der Waals surface area (Å²) in [6, 6.07) is 1.58. The third-order valence-electron chi connectivity index (χ3n) is 7.21. The van der Waals surface area contributed by atoms with Crippen molar-refractivity contribution in [3.63, 3.8) is 0 Å². The van der Waals surface area contributed by atoms with Crippen LogP contribution in [0.2, 0.25) is 0 Å². The number of rotatable bonds is 2. The summed E-state index contributed by atoms with van der Waals surface area (Å²) in [6.45, 7) is 19.8. The molecule has 0 aromatic heterocycles. The highest BCUT2D eigenvalue weighted by atomic mass is 15.2. The summed E-state index contributed by atoms with van der Waals surface area (Å²) in [4.78, 5) is 8.26. The van der Waals surface area contributed by atoms with Gasteiger partial charge in [-0.1, -0.05) is 0 Å². The third-order valence-corrected chi connectivity index (χ3v) is 7.21. The molecule has 0 radical (unpaired) electrons. The summed E-state index contributed by atoms with van der Waals surface area (Å²) in [7, 11) is 0. The minimum atomic E-state index is 0.341. The lowest BCUT2D eigenvalue weighted by Gasteiger charge is -2.52. The normalized spacial score (nSPS) is 28.8. The zero-order chi connectivity index (χ0) is 17.4. The molecule has 3 nitrogen and oxygen atoms in total. The summed E-state index contributed by atoms with van der Waals surface area (Å²) in [5.41, 5.74) is 0.967. The molecular formula is C21H41N3. The Morgan fingerprint density at radius 1 is 0.875 bits per heavy atom. The van der Waals surface area contributed by atoms with E-state index in [9.17, 15) is 0 Å². The second kappa shape index (κ2) is 7.25. The van der Waals surface area contributed by atoms with Crippen molar-refractivity contribution in [3.05, 3.63) is 0 Å². The summed E-state index contributed by atoms with van der Waals surface area (Å²) in [5, 5.41) is 0. The van der Waals surface area contributed by atoms with Gasteiger partial charge in [-0.15, -0.1) is 0 Å². The molecule has 0 unspecified atom stereocenters. The van der Waals surface area contributed by atoms with E-state index in [1.807, 2.05) is 0 Å². The average molecular weight is 336 g/mol. The van der Waals surface area contributed by atoms with E-state index < -0.39 is 0 Å². The predicted molar refractivity (Wildman–Crippen MR) is 104 cm³/mol. The first-order valence-electron chi connectivity index (χ1n) is 10.5. The number of hydrogen-bond donors (Lipinski definition) is 0. The molecule has 0 aromatic rings. The average Bonchev–Trinajstić information content (AvgIpc) is 2.55. The van der Waals surface area contributed by atoms with Crippen molar-refractivity contribution in [2.24, 2.45) is 5.41 Å². The van der Waals surface area contributed by atoms with Gasteiger partial charge in [0.25, 0.3) is 0 Å². The zero-order valence-electron chi connectivity index (χ0n) is 17.0. The maximum absolute atomic E-state index is 2.85. The highest BCUT2D eigenvalue weighted by Crippen LogP contribution is 2.42. The van der Waals surface area contributed by atoms with Crippen molar-refractivity contribution >= 4 is 0 Å². The van der Waals surface area contributed by atoms with Gasteiger partial charge in [-0.2, -0.15) is 0 Å². The SMILES string of the molecule is CC(C)N1CCC(N2CCC3(CCCN(C(C)(C)C)C3)CC2)CC1. The van der Waals surface area contributed by atoms with Crippen LogP contribution in [0.3, 0.4) is 0 Å². The molecule has 0 aliphatic carbocycles. The highest BCUT2D eigenvalue weighted by molar-refractivity contribution is 4.96. The number of likely N-dealkylation sites (tertiary alicyclic amines) is 3. The van der Waals surface area contributed by atoms with Gasteiger partial charge in [0.15, 0.2) is 0 Å². The van der Waals surface area contributed by atoms with Crippen molar-refractivity contribution in [1.29, 1.82) is 0 Å². The quantitative estimate of drug-likeness (QED) is 0.759. The fraction of sp³-hybridized carbons (Fsp3) is 1.00. The summed E-state index contributed by atoms with van der Waals surface area (Å²) in [6.07, 6.45) is 8.52. The van der Waals surface area contributed by atoms with Crippen molar-refractivity contribution in [3.8, 4) is 0 Å². The van der Waals surface area contributed by atoms with Crippen LogP contribution < -0.4 is 0 Å². The topological polar surface area (TPSA) is 9.72 Å². The molecule has 24 heavy (non-hydrogen) atoms. The minimum absolute atomic E-state index is 0.341. The molecule has 3 aliphatic heterocycles. The first kappa shape index (κ1) is 18.7. The Morgan fingerprint density at radius 2 is 1.50 bits per heavy atom. The van der Waals surface area contributed by atoms with Gasteiger partial charge in [-0.3, -0.25) is 4.90 Å². The molecule has 3 heterocycles. The zero-order valence-corrected chi connectivity index (χ0v) is 17.0. The Labute approximate surface area is 150 Å². The second-order valence-electron chi connectivity index (χ2n) is 10.1. The Balaban J connectivity index is 1.51. The Kier molecular flexibility index (Phi) is 5.64. The molecule has 3 saturated heterocycles. The molecule has 0 bridgehead atoms. The Morgan fingerprint density at radius 3 is 2.04 bits per heavy atom. The van der Waals surface area contributed by atoms with E-state index in [1.165, 1.54) is 77.8 Å². The lowest BCUT2D eigenvalue weighted by Crippen LogP contribution is -2.56. The van der Waals surface area contributed by atoms with Crippen LogP contribution in [-0.4, -0.2) is 71.6 Å². The molecule has 140 valence electrons. The van der Waals surface area contributed by atoms with Crippen LogP contribution in [0, 0.1) is 5.41 Å². The Bertz CT molecular complexity index is 396. The van der Waals surface area contributed by atoms with Gasteiger partial charge in [-0.25, -0.2) is 0 Å². The van der Waals surface area contributed by atoms with E-state index in [1.54, 1.807) is 0 Å². The van der Waals surface area contributed by atoms with Gasteiger partial charge in [-0.05, 0) is 111 Å². The lowest BCUT2D eigenvalue weighted by atomic mass is 9.71. The summed E-state index contributed by atoms with van der Waals surface area (Å²) < 4.78 is 0. The van der Waals surface area contributed by atoms with Crippen molar-refractivity contribution in [2.45, 2.75) is 90.8 Å². The lowest BCUT2D eigenvalue weighted by molar-refractivity contribution is -0.0277. The first-order valence-corrected chi connectivity index (χ1v) is 10.5. The maximum atomic E-state index is 2.85. The smallest absolute Gasteiger partial charge is 0.0125 e. The van der Waals surface area contributed by atoms with Crippen LogP contribution in [0.25, 0.3) is 0 Å². The summed E-state index contributed by atoms with van der Waals surface area (Å²) in [5.74, 6) is 0. The van der Waals surface area contributed by atoms with E-state index in [4.69, 9.17) is 0 Å². The molecule has 1 spiro atoms. The fourth-order valence-electron chi connectivity index (χ4n) is 5.32. The van der Waals surface area contributed by atoms with Crippen LogP contribution >= 0.6 is 0 Å². The van der Waals surface area contributed by atoms with Gasteiger partial charge in [0.1, 0.15) is 0 Å². The van der Waals surface area contributed by atoms with E-state index in [0.717, 1.165) is 12.1 Å². The van der Waals surface area contributed by atoms with Crippen LogP contribution in [0.4, 0.5) is 0 Å². The monoisotopic (exact) mass is 335 g/mol. The molecule has 0 atom stereocenters. The first-order chi connectivity index (χ1) is 11.3. The fourth-order valence-corrected chi connectivity index (χ4v) is 5.32. The van der Waals surface area contributed by atoms with Gasteiger partial charge in [0, 0.05) is 24.2 Å². The maximum Gasteiger partial charge on any atom is 0.0125 e. The van der Waals surface area contributed by atoms with Crippen LogP contribution in [0.1, 0.15) is 73.1 Å². The summed E-state index contributed by atoms with van der Waals surface area (Å²) >= 11 is 0. The van der Waals surface area contributed by atoms with Gasteiger partial charge in [0.2, 0.25) is 0 Å². The van der Waals surface area contributed by atoms with E-state index in [0.29, 0.717) is 11.0 Å². The molecule has 3 heteroatoms. The third kappa shape index (κ3) is 4.16. The van der Waals surface area contributed by atoms with Crippen LogP contribution in [-0.2, 0) is 0 Å². The molecule has 3 rings (SSSR count). The van der Waals surface area contributed by atoms with Crippen LogP contribution in [0.15, 0.2) is 0 Å². The van der Waals surface area contributed by atoms with Gasteiger partial charge < -0.3 is 9.80 Å². The van der Waals surface area contributed by atoms with Crippen molar-refractivity contribution in [1.82, 2.24) is 14.7 Å². The largest absolute Gasteiger partial charge is 0.301 e. The number of nitrogens with zero attached hydrogens (tertiary/aromatic N) is 3. The van der Waals surface area contributed by atoms with E-state index in [2.05, 4.69) is 49.3 Å². The highest BCUT2D eigenvalue weighted by Gasteiger charge is 2.42. The molecule has 0 N–H and O–H groups in total. The van der Waals surface area contributed by atoms with Crippen molar-refractivity contribution in [2.75, 3.05) is 39.3 Å². The van der Waals surface area contributed by atoms with Crippen LogP contribution in [0.5, 0.6) is 0 Å². The van der Waals surface area contributed by atoms with E-state index in [-0.39, 0.29) is 0 Å². The second-order valence-corrected chi connectivity index (χ2v) is 10.1. The molecular weight excluding hydrogens is 294 g/mol. The van der Waals surface area contributed by atoms with Crippen molar-refractivity contribution < 1.29 is 0 Å². The number of piperidine rings is 3. The molecule has 3 aliphatic rings. The Hall–Kier alpha value is -0.120. The molecule has 0 amide bonds. The minimum Gasteiger partial charge on any atom is -0.301 e. The van der Waals surface area contributed by atoms with Gasteiger partial charge >= 0.3 is 0 Å². The number of hydrogen-bond acceptors (Lipinski definition) is 3. The molecule has 0 saturated carbocycles. The van der Waals surface area contributed by atoms with Gasteiger partial charge in [0.05, 0.1) is 0 Å². The molecule has 3 fully saturated rings.